The van der Waals surface area contributed by atoms with Gasteiger partial charge in [-0.1, -0.05) is 53.7 Å². The van der Waals surface area contributed by atoms with E-state index < -0.39 is 5.97 Å². The molecule has 1 amide bonds. The third kappa shape index (κ3) is 4.95. The van der Waals surface area contributed by atoms with Crippen molar-refractivity contribution in [3.8, 4) is 11.1 Å². The number of hydrogen-bond acceptors (Lipinski definition) is 7. The first-order valence-electron chi connectivity index (χ1n) is 11.2. The van der Waals surface area contributed by atoms with Gasteiger partial charge >= 0.3 is 5.97 Å². The monoisotopic (exact) mass is 536 g/mol. The first kappa shape index (κ1) is 24.3. The van der Waals surface area contributed by atoms with Crippen LogP contribution < -0.4 is 5.32 Å². The van der Waals surface area contributed by atoms with Gasteiger partial charge in [-0.3, -0.25) is 9.20 Å². The summed E-state index contributed by atoms with van der Waals surface area (Å²) < 4.78 is 7.26. The number of ether oxygens (including phenoxy) is 1. The van der Waals surface area contributed by atoms with E-state index in [0.717, 1.165) is 27.3 Å². The van der Waals surface area contributed by atoms with Crippen LogP contribution in [0.2, 0.25) is 5.02 Å². The molecule has 0 aliphatic heterocycles. The van der Waals surface area contributed by atoms with Crippen LogP contribution in [0.15, 0.2) is 71.2 Å². The minimum absolute atomic E-state index is 0.198. The Bertz CT molecular complexity index is 1560. The molecule has 3 aromatic heterocycles. The minimum Gasteiger partial charge on any atom is -0.462 e. The van der Waals surface area contributed by atoms with Crippen molar-refractivity contribution in [3.05, 3.63) is 76.6 Å². The topological polar surface area (TPSA) is 85.6 Å². The molecule has 0 unspecified atom stereocenters. The fourth-order valence-electron chi connectivity index (χ4n) is 3.83. The highest BCUT2D eigenvalue weighted by molar-refractivity contribution is 7.99. The number of thiophene rings is 1. The molecule has 2 aromatic carbocycles. The molecule has 0 radical (unpaired) electrons. The van der Waals surface area contributed by atoms with E-state index in [0.29, 0.717) is 26.9 Å². The number of halogens is 1. The van der Waals surface area contributed by atoms with Gasteiger partial charge in [-0.15, -0.1) is 21.5 Å². The molecule has 3 heterocycles. The van der Waals surface area contributed by atoms with Gasteiger partial charge in [-0.25, -0.2) is 4.79 Å². The molecular weight excluding hydrogens is 516 g/mol. The van der Waals surface area contributed by atoms with E-state index in [9.17, 15) is 9.59 Å². The average molecular weight is 537 g/mol. The third-order valence-corrected chi connectivity index (χ3v) is 7.57. The van der Waals surface area contributed by atoms with Gasteiger partial charge in [0.1, 0.15) is 10.6 Å². The highest BCUT2D eigenvalue weighted by Gasteiger charge is 2.23. The third-order valence-electron chi connectivity index (χ3n) is 5.49. The fourth-order valence-corrected chi connectivity index (χ4v) is 5.82. The van der Waals surface area contributed by atoms with Crippen molar-refractivity contribution < 1.29 is 14.3 Å². The molecular formula is C26H21ClN4O3S2. The lowest BCUT2D eigenvalue weighted by Crippen LogP contribution is -2.15. The second-order valence-corrected chi connectivity index (χ2v) is 10.2. The fraction of sp³-hybridized carbons (Fsp3) is 0.154. The number of nitrogens with zero attached hydrogens (tertiary/aromatic N) is 3. The molecule has 0 fully saturated rings. The summed E-state index contributed by atoms with van der Waals surface area (Å²) in [7, 11) is 0. The lowest BCUT2D eigenvalue weighted by atomic mass is 10.0. The van der Waals surface area contributed by atoms with Gasteiger partial charge in [0, 0.05) is 28.1 Å². The van der Waals surface area contributed by atoms with E-state index in [1.54, 1.807) is 19.1 Å². The maximum atomic E-state index is 12.8. The summed E-state index contributed by atoms with van der Waals surface area (Å²) in [5.74, 6) is -0.175. The molecule has 0 aliphatic rings. The maximum absolute atomic E-state index is 12.8. The number of nitrogens with one attached hydrogen (secondary N) is 1. The van der Waals surface area contributed by atoms with Crippen LogP contribution in [-0.4, -0.2) is 38.8 Å². The number of carbonyl (C=O) groups excluding carboxylic acids is 2. The number of pyridine rings is 1. The Morgan fingerprint density at radius 3 is 2.69 bits per heavy atom. The summed E-state index contributed by atoms with van der Waals surface area (Å²) in [4.78, 5) is 25.6. The van der Waals surface area contributed by atoms with Crippen LogP contribution in [-0.2, 0) is 9.53 Å². The number of aromatic nitrogens is 3. The zero-order valence-corrected chi connectivity index (χ0v) is 21.6. The van der Waals surface area contributed by atoms with Gasteiger partial charge in [-0.05, 0) is 48.2 Å². The smallest absolute Gasteiger partial charge is 0.341 e. The Balaban J connectivity index is 1.31. The summed E-state index contributed by atoms with van der Waals surface area (Å²) in [6, 6.07) is 19.2. The van der Waals surface area contributed by atoms with E-state index in [1.165, 1.54) is 23.1 Å². The molecule has 36 heavy (non-hydrogen) atoms. The SMILES string of the molecule is CCOC(=O)c1c(-c2ccc(Cl)cc2)csc1NC(=O)CCSc1nnc2ccc3ccccc3n12. The zero-order chi connectivity index (χ0) is 25.1. The van der Waals surface area contributed by atoms with Gasteiger partial charge in [0.05, 0.1) is 12.1 Å². The van der Waals surface area contributed by atoms with Crippen molar-refractivity contribution in [2.24, 2.45) is 0 Å². The summed E-state index contributed by atoms with van der Waals surface area (Å²) in [5, 5.41) is 16.2. The van der Waals surface area contributed by atoms with Crippen molar-refractivity contribution >= 4 is 68.1 Å². The highest BCUT2D eigenvalue weighted by atomic mass is 35.5. The zero-order valence-electron chi connectivity index (χ0n) is 19.2. The van der Waals surface area contributed by atoms with Gasteiger partial charge in [0.15, 0.2) is 10.8 Å². The standard InChI is InChI=1S/C26H21ClN4O3S2/c1-2-34-25(33)23-19(16-7-10-18(27)11-8-16)15-36-24(23)28-22(32)13-14-35-26-30-29-21-12-9-17-5-3-4-6-20(17)31(21)26/h3-12,15H,2,13-14H2,1H3,(H,28,32). The number of hydrogen-bond donors (Lipinski definition) is 1. The van der Waals surface area contributed by atoms with Crippen LogP contribution in [0.3, 0.4) is 0 Å². The molecule has 0 saturated carbocycles. The van der Waals surface area contributed by atoms with Gasteiger partial charge in [0.25, 0.3) is 0 Å². The van der Waals surface area contributed by atoms with Crippen molar-refractivity contribution in [1.82, 2.24) is 14.6 Å². The number of thioether (sulfide) groups is 1. The summed E-state index contributed by atoms with van der Waals surface area (Å²) >= 11 is 8.77. The first-order chi connectivity index (χ1) is 17.5. The Hall–Kier alpha value is -3.40. The lowest BCUT2D eigenvalue weighted by molar-refractivity contribution is -0.115. The summed E-state index contributed by atoms with van der Waals surface area (Å²) in [6.45, 7) is 1.98. The van der Waals surface area contributed by atoms with E-state index in [-0.39, 0.29) is 18.9 Å². The Labute approximate surface area is 220 Å². The molecule has 0 atom stereocenters. The second kappa shape index (κ2) is 10.7. The number of para-hydroxylation sites is 1. The van der Waals surface area contributed by atoms with E-state index in [4.69, 9.17) is 16.3 Å². The van der Waals surface area contributed by atoms with Gasteiger partial charge in [-0.2, -0.15) is 0 Å². The molecule has 0 aliphatic carbocycles. The highest BCUT2D eigenvalue weighted by Crippen LogP contribution is 2.37. The predicted octanol–water partition coefficient (Wildman–Crippen LogP) is 6.56. The number of esters is 1. The van der Waals surface area contributed by atoms with Crippen molar-refractivity contribution in [3.63, 3.8) is 0 Å². The molecule has 7 nitrogen and oxygen atoms in total. The van der Waals surface area contributed by atoms with Crippen molar-refractivity contribution in [2.45, 2.75) is 18.5 Å². The van der Waals surface area contributed by atoms with Crippen LogP contribution in [0.25, 0.3) is 27.7 Å². The molecule has 0 saturated heterocycles. The number of carbonyl (C=O) groups is 2. The molecule has 0 bridgehead atoms. The largest absolute Gasteiger partial charge is 0.462 e. The van der Waals surface area contributed by atoms with Crippen molar-refractivity contribution in [2.75, 3.05) is 17.7 Å². The molecule has 5 rings (SSSR count). The summed E-state index contributed by atoms with van der Waals surface area (Å²) in [6.07, 6.45) is 0.237. The summed E-state index contributed by atoms with van der Waals surface area (Å²) in [5.41, 5.74) is 3.63. The van der Waals surface area contributed by atoms with E-state index in [2.05, 4.69) is 15.5 Å². The van der Waals surface area contributed by atoms with Gasteiger partial charge in [0.2, 0.25) is 5.91 Å². The number of fused-ring (bicyclic) bond motifs is 3. The Morgan fingerprint density at radius 1 is 1.08 bits per heavy atom. The number of benzene rings is 2. The normalized spacial score (nSPS) is 11.2. The van der Waals surface area contributed by atoms with E-state index >= 15 is 0 Å². The Kier molecular flexibility index (Phi) is 7.22. The quantitative estimate of drug-likeness (QED) is 0.178. The molecule has 0 spiro atoms. The van der Waals surface area contributed by atoms with Crippen LogP contribution in [0, 0.1) is 0 Å². The maximum Gasteiger partial charge on any atom is 0.341 e. The number of anilines is 1. The minimum atomic E-state index is -0.477. The molecule has 1 N–H and O–H groups in total. The first-order valence-corrected chi connectivity index (χ1v) is 13.5. The van der Waals surface area contributed by atoms with Crippen LogP contribution in [0.5, 0.6) is 0 Å². The van der Waals surface area contributed by atoms with Gasteiger partial charge < -0.3 is 10.1 Å². The second-order valence-electron chi connectivity index (χ2n) is 7.80. The molecule has 5 aromatic rings. The van der Waals surface area contributed by atoms with Crippen LogP contribution >= 0.6 is 34.7 Å². The van der Waals surface area contributed by atoms with E-state index in [1.807, 2.05) is 58.3 Å². The Morgan fingerprint density at radius 2 is 1.89 bits per heavy atom. The number of amides is 1. The average Bonchev–Trinajstić information content (AvgIpc) is 3.49. The van der Waals surface area contributed by atoms with Crippen LogP contribution in [0.1, 0.15) is 23.7 Å². The lowest BCUT2D eigenvalue weighted by Gasteiger charge is -2.09. The molecule has 182 valence electrons. The predicted molar refractivity (Wildman–Crippen MR) is 145 cm³/mol. The molecule has 10 heteroatoms. The number of rotatable bonds is 8. The van der Waals surface area contributed by atoms with Crippen molar-refractivity contribution in [1.29, 1.82) is 0 Å². The van der Waals surface area contributed by atoms with Crippen LogP contribution in [0.4, 0.5) is 5.00 Å².